The Bertz CT molecular complexity index is 560. The van der Waals surface area contributed by atoms with Crippen LogP contribution in [0.15, 0.2) is 17.6 Å². The molecule has 2 rings (SSSR count). The van der Waals surface area contributed by atoms with Crippen molar-refractivity contribution >= 4 is 27.2 Å². The molecule has 20 heavy (non-hydrogen) atoms. The van der Waals surface area contributed by atoms with E-state index in [4.69, 9.17) is 18.0 Å². The summed E-state index contributed by atoms with van der Waals surface area (Å²) < 4.78 is 27.3. The monoisotopic (exact) mass is 316 g/mol. The standard InChI is InChI=1S/C12H20N4O2S2/c1-2-9-3-5-12(6-4-9,11(13)19)16-20(17,18)10-7-14-8-15-10/h7-9,16H,2-6H2,1H3,(H2,13,19)(H,14,15). The number of aromatic amines is 1. The summed E-state index contributed by atoms with van der Waals surface area (Å²) in [6.45, 7) is 2.15. The number of hydrogen-bond acceptors (Lipinski definition) is 4. The lowest BCUT2D eigenvalue weighted by atomic mass is 9.76. The Morgan fingerprint density at radius 2 is 2.25 bits per heavy atom. The molecule has 6 nitrogen and oxygen atoms in total. The molecule has 0 aliphatic heterocycles. The third kappa shape index (κ3) is 3.02. The van der Waals surface area contributed by atoms with Crippen LogP contribution >= 0.6 is 12.2 Å². The topological polar surface area (TPSA) is 101 Å². The number of nitrogens with one attached hydrogen (secondary N) is 2. The average molecular weight is 316 g/mol. The molecule has 1 aliphatic carbocycles. The maximum atomic E-state index is 12.3. The Kier molecular flexibility index (Phi) is 4.46. The fraction of sp³-hybridized carbons (Fsp3) is 0.667. The summed E-state index contributed by atoms with van der Waals surface area (Å²) in [4.78, 5) is 6.55. The van der Waals surface area contributed by atoms with Gasteiger partial charge in [0.2, 0.25) is 0 Å². The fourth-order valence-electron chi connectivity index (χ4n) is 2.68. The number of hydrogen-bond donors (Lipinski definition) is 3. The van der Waals surface area contributed by atoms with E-state index in [1.807, 2.05) is 0 Å². The van der Waals surface area contributed by atoms with Gasteiger partial charge < -0.3 is 10.7 Å². The fourth-order valence-corrected chi connectivity index (χ4v) is 4.35. The predicted octanol–water partition coefficient (Wildman–Crippen LogP) is 1.31. The van der Waals surface area contributed by atoms with Crippen LogP contribution in [0.5, 0.6) is 0 Å². The van der Waals surface area contributed by atoms with E-state index < -0.39 is 15.6 Å². The largest absolute Gasteiger partial charge is 0.392 e. The lowest BCUT2D eigenvalue weighted by Crippen LogP contribution is -2.58. The molecule has 0 aromatic carbocycles. The van der Waals surface area contributed by atoms with Crippen LogP contribution in [0, 0.1) is 5.92 Å². The van der Waals surface area contributed by atoms with Crippen molar-refractivity contribution in [1.82, 2.24) is 14.7 Å². The third-order valence-corrected chi connectivity index (χ3v) is 5.95. The molecular weight excluding hydrogens is 296 g/mol. The minimum atomic E-state index is -3.68. The molecular formula is C12H20N4O2S2. The van der Waals surface area contributed by atoms with Gasteiger partial charge in [-0.25, -0.2) is 13.4 Å². The van der Waals surface area contributed by atoms with Gasteiger partial charge in [-0.3, -0.25) is 0 Å². The number of thiocarbonyl (C=S) groups is 1. The summed E-state index contributed by atoms with van der Waals surface area (Å²) in [5, 5.41) is 0.0331. The van der Waals surface area contributed by atoms with Crippen LogP contribution in [0.3, 0.4) is 0 Å². The van der Waals surface area contributed by atoms with E-state index >= 15 is 0 Å². The predicted molar refractivity (Wildman–Crippen MR) is 80.7 cm³/mol. The van der Waals surface area contributed by atoms with Crippen molar-refractivity contribution in [1.29, 1.82) is 0 Å². The molecule has 4 N–H and O–H groups in total. The van der Waals surface area contributed by atoms with Gasteiger partial charge >= 0.3 is 0 Å². The lowest BCUT2D eigenvalue weighted by molar-refractivity contribution is 0.269. The van der Waals surface area contributed by atoms with Crippen LogP contribution in [-0.2, 0) is 10.0 Å². The number of nitrogens with zero attached hydrogens (tertiary/aromatic N) is 1. The van der Waals surface area contributed by atoms with Crippen LogP contribution in [-0.4, -0.2) is 28.9 Å². The van der Waals surface area contributed by atoms with E-state index in [-0.39, 0.29) is 10.0 Å². The molecule has 1 heterocycles. The maximum absolute atomic E-state index is 12.3. The summed E-state index contributed by atoms with van der Waals surface area (Å²) in [5.41, 5.74) is 5.01. The van der Waals surface area contributed by atoms with Crippen molar-refractivity contribution in [3.8, 4) is 0 Å². The Morgan fingerprint density at radius 3 is 2.70 bits per heavy atom. The Balaban J connectivity index is 2.21. The van der Waals surface area contributed by atoms with Crippen molar-refractivity contribution < 1.29 is 8.42 Å². The SMILES string of the molecule is CCC1CCC(NS(=O)(=O)c2cnc[nH]2)(C(N)=S)CC1. The average Bonchev–Trinajstić information content (AvgIpc) is 2.93. The molecule has 0 radical (unpaired) electrons. The highest BCUT2D eigenvalue weighted by molar-refractivity contribution is 7.89. The Morgan fingerprint density at radius 1 is 1.60 bits per heavy atom. The highest BCUT2D eigenvalue weighted by Gasteiger charge is 2.41. The van der Waals surface area contributed by atoms with E-state index in [1.165, 1.54) is 12.5 Å². The molecule has 0 atom stereocenters. The molecule has 112 valence electrons. The van der Waals surface area contributed by atoms with E-state index in [0.717, 1.165) is 19.3 Å². The molecule has 1 saturated carbocycles. The third-order valence-electron chi connectivity index (χ3n) is 4.10. The van der Waals surface area contributed by atoms with E-state index in [2.05, 4.69) is 21.6 Å². The quantitative estimate of drug-likeness (QED) is 0.711. The lowest BCUT2D eigenvalue weighted by Gasteiger charge is -2.39. The minimum absolute atomic E-state index is 0.0331. The molecule has 0 saturated heterocycles. The second kappa shape index (κ2) is 5.79. The van der Waals surface area contributed by atoms with Crippen LogP contribution < -0.4 is 10.5 Å². The van der Waals surface area contributed by atoms with Crippen LogP contribution in [0.25, 0.3) is 0 Å². The molecule has 1 aromatic rings. The van der Waals surface area contributed by atoms with Crippen molar-refractivity contribution in [3.63, 3.8) is 0 Å². The zero-order valence-corrected chi connectivity index (χ0v) is 13.1. The zero-order valence-electron chi connectivity index (χ0n) is 11.4. The number of imidazole rings is 1. The highest BCUT2D eigenvalue weighted by atomic mass is 32.2. The van der Waals surface area contributed by atoms with Crippen molar-refractivity contribution in [2.24, 2.45) is 11.7 Å². The second-order valence-electron chi connectivity index (χ2n) is 5.32. The number of nitrogens with two attached hydrogens (primary N) is 1. The summed E-state index contributed by atoms with van der Waals surface area (Å²) in [6.07, 6.45) is 6.85. The minimum Gasteiger partial charge on any atom is -0.392 e. The molecule has 0 bridgehead atoms. The molecule has 0 unspecified atom stereocenters. The van der Waals surface area contributed by atoms with Crippen LogP contribution in [0.1, 0.15) is 39.0 Å². The first-order valence-corrected chi connectivity index (χ1v) is 8.61. The van der Waals surface area contributed by atoms with Crippen molar-refractivity contribution in [2.45, 2.75) is 49.6 Å². The van der Waals surface area contributed by atoms with Crippen molar-refractivity contribution in [2.75, 3.05) is 0 Å². The van der Waals surface area contributed by atoms with Gasteiger partial charge in [-0.05, 0) is 31.6 Å². The first-order chi connectivity index (χ1) is 9.39. The van der Waals surface area contributed by atoms with Gasteiger partial charge in [-0.2, -0.15) is 4.72 Å². The molecule has 1 fully saturated rings. The van der Waals surface area contributed by atoms with E-state index in [1.54, 1.807) is 0 Å². The van der Waals surface area contributed by atoms with Gasteiger partial charge in [0.15, 0.2) is 5.03 Å². The second-order valence-corrected chi connectivity index (χ2v) is 7.41. The number of rotatable bonds is 5. The Labute approximate surface area is 124 Å². The van der Waals surface area contributed by atoms with Gasteiger partial charge in [0.05, 0.1) is 23.1 Å². The van der Waals surface area contributed by atoms with E-state index in [0.29, 0.717) is 18.8 Å². The Hall–Kier alpha value is -0.990. The maximum Gasteiger partial charge on any atom is 0.258 e. The van der Waals surface area contributed by atoms with Crippen molar-refractivity contribution in [3.05, 3.63) is 12.5 Å². The summed E-state index contributed by atoms with van der Waals surface area (Å²) >= 11 is 5.12. The van der Waals surface area contributed by atoms with Crippen LogP contribution in [0.4, 0.5) is 0 Å². The molecule has 1 aliphatic rings. The van der Waals surface area contributed by atoms with Gasteiger partial charge in [-0.1, -0.05) is 25.6 Å². The first kappa shape index (κ1) is 15.4. The summed E-state index contributed by atoms with van der Waals surface area (Å²) in [5.74, 6) is 0.620. The van der Waals surface area contributed by atoms with E-state index in [9.17, 15) is 8.42 Å². The highest BCUT2D eigenvalue weighted by Crippen LogP contribution is 2.35. The zero-order chi connectivity index (χ0) is 14.8. The molecule has 0 spiro atoms. The smallest absolute Gasteiger partial charge is 0.258 e. The summed E-state index contributed by atoms with van der Waals surface area (Å²) in [6, 6.07) is 0. The van der Waals surface area contributed by atoms with Gasteiger partial charge in [0.25, 0.3) is 10.0 Å². The number of H-pyrrole nitrogens is 1. The number of aromatic nitrogens is 2. The van der Waals surface area contributed by atoms with Gasteiger partial charge in [-0.15, -0.1) is 0 Å². The summed E-state index contributed by atoms with van der Waals surface area (Å²) in [7, 11) is -3.68. The van der Waals surface area contributed by atoms with Gasteiger partial charge in [0.1, 0.15) is 0 Å². The molecule has 1 aromatic heterocycles. The number of sulfonamides is 1. The normalized spacial score (nSPS) is 27.4. The molecule has 8 heteroatoms. The van der Waals surface area contributed by atoms with Gasteiger partial charge in [0, 0.05) is 0 Å². The molecule has 0 amide bonds. The van der Waals surface area contributed by atoms with Crippen LogP contribution in [0.2, 0.25) is 0 Å². The first-order valence-electron chi connectivity index (χ1n) is 6.72.